The molecule has 0 aliphatic heterocycles. The molecule has 5 nitrogen and oxygen atoms in total. The average molecular weight is 296 g/mol. The summed E-state index contributed by atoms with van der Waals surface area (Å²) in [6.07, 6.45) is 1.63. The van der Waals surface area contributed by atoms with Crippen LogP contribution in [0, 0.1) is 0 Å². The molecular weight excluding hydrogens is 284 g/mol. The van der Waals surface area contributed by atoms with Crippen molar-refractivity contribution in [1.29, 1.82) is 0 Å². The Morgan fingerprint density at radius 2 is 2.32 bits per heavy atom. The van der Waals surface area contributed by atoms with Gasteiger partial charge in [0.2, 0.25) is 5.91 Å². The van der Waals surface area contributed by atoms with Gasteiger partial charge in [-0.05, 0) is 29.3 Å². The number of nitrogens with one attached hydrogen (secondary N) is 1. The molecule has 1 atom stereocenters. The molecular formula is C12H12N2O3S2. The summed E-state index contributed by atoms with van der Waals surface area (Å²) >= 11 is 2.62. The van der Waals surface area contributed by atoms with Crippen molar-refractivity contribution in [2.75, 3.05) is 0 Å². The molecule has 2 aromatic heterocycles. The van der Waals surface area contributed by atoms with Crippen LogP contribution >= 0.6 is 22.7 Å². The Morgan fingerprint density at radius 1 is 1.53 bits per heavy atom. The molecule has 0 radical (unpaired) electrons. The number of amides is 1. The molecule has 0 saturated heterocycles. The van der Waals surface area contributed by atoms with Gasteiger partial charge >= 0.3 is 5.97 Å². The van der Waals surface area contributed by atoms with E-state index in [2.05, 4.69) is 10.3 Å². The van der Waals surface area contributed by atoms with Crippen molar-refractivity contribution in [1.82, 2.24) is 10.3 Å². The van der Waals surface area contributed by atoms with E-state index < -0.39 is 5.97 Å². The van der Waals surface area contributed by atoms with Gasteiger partial charge in [-0.25, -0.2) is 9.78 Å². The summed E-state index contributed by atoms with van der Waals surface area (Å²) in [5.41, 5.74) is 0.972. The largest absolute Gasteiger partial charge is 0.477 e. The molecule has 100 valence electrons. The van der Waals surface area contributed by atoms with Crippen molar-refractivity contribution in [3.05, 3.63) is 38.5 Å². The van der Waals surface area contributed by atoms with Crippen molar-refractivity contribution in [3.63, 3.8) is 0 Å². The normalized spacial score (nSPS) is 12.1. The molecule has 1 amide bonds. The summed E-state index contributed by atoms with van der Waals surface area (Å²) in [7, 11) is 0. The minimum atomic E-state index is -0.999. The molecule has 19 heavy (non-hydrogen) atoms. The van der Waals surface area contributed by atoms with E-state index in [1.54, 1.807) is 18.3 Å². The average Bonchev–Trinajstić information content (AvgIpc) is 2.98. The van der Waals surface area contributed by atoms with Gasteiger partial charge in [0.25, 0.3) is 0 Å². The lowest BCUT2D eigenvalue weighted by molar-refractivity contribution is -0.121. The highest BCUT2D eigenvalue weighted by atomic mass is 32.1. The molecule has 7 heteroatoms. The molecule has 0 aromatic carbocycles. The topological polar surface area (TPSA) is 79.3 Å². The Hall–Kier alpha value is -1.73. The second-order valence-corrected chi connectivity index (χ2v) is 5.81. The number of aromatic nitrogens is 1. The van der Waals surface area contributed by atoms with Crippen molar-refractivity contribution < 1.29 is 14.7 Å². The lowest BCUT2D eigenvalue weighted by Crippen LogP contribution is -2.27. The number of carboxylic acid groups (broad SMARTS) is 1. The molecule has 0 bridgehead atoms. The summed E-state index contributed by atoms with van der Waals surface area (Å²) in [5.74, 6) is -1.10. The van der Waals surface area contributed by atoms with Gasteiger partial charge in [-0.3, -0.25) is 4.79 Å². The Morgan fingerprint density at radius 3 is 2.89 bits per heavy atom. The molecule has 2 heterocycles. The van der Waals surface area contributed by atoms with Crippen LogP contribution in [0.2, 0.25) is 0 Å². The summed E-state index contributed by atoms with van der Waals surface area (Å²) in [6.45, 7) is 1.79. The quantitative estimate of drug-likeness (QED) is 0.887. The van der Waals surface area contributed by atoms with Crippen LogP contribution < -0.4 is 5.32 Å². The number of rotatable bonds is 5. The maximum absolute atomic E-state index is 11.8. The Balaban J connectivity index is 1.94. The number of hydrogen-bond acceptors (Lipinski definition) is 5. The molecule has 0 fully saturated rings. The number of nitrogens with zero attached hydrogens (tertiary/aromatic N) is 1. The van der Waals surface area contributed by atoms with Gasteiger partial charge in [-0.15, -0.1) is 11.3 Å². The van der Waals surface area contributed by atoms with E-state index in [1.165, 1.54) is 6.20 Å². The number of aromatic carboxylic acids is 1. The molecule has 2 rings (SSSR count). The van der Waals surface area contributed by atoms with Gasteiger partial charge in [-0.1, -0.05) is 0 Å². The van der Waals surface area contributed by atoms with Crippen molar-refractivity contribution >= 4 is 34.6 Å². The molecule has 0 aliphatic carbocycles. The van der Waals surface area contributed by atoms with Gasteiger partial charge in [-0.2, -0.15) is 11.3 Å². The highest BCUT2D eigenvalue weighted by molar-refractivity contribution is 7.13. The Bertz CT molecular complexity index is 578. The van der Waals surface area contributed by atoms with Crippen molar-refractivity contribution in [2.24, 2.45) is 0 Å². The van der Waals surface area contributed by atoms with Crippen LogP contribution in [0.4, 0.5) is 0 Å². The first-order valence-electron chi connectivity index (χ1n) is 5.55. The zero-order chi connectivity index (χ0) is 13.8. The molecule has 0 spiro atoms. The number of carbonyl (C=O) groups is 2. The summed E-state index contributed by atoms with van der Waals surface area (Å²) < 4.78 is 0. The summed E-state index contributed by atoms with van der Waals surface area (Å²) in [4.78, 5) is 26.7. The van der Waals surface area contributed by atoms with E-state index in [4.69, 9.17) is 5.11 Å². The summed E-state index contributed by atoms with van der Waals surface area (Å²) in [5, 5.41) is 16.1. The zero-order valence-electron chi connectivity index (χ0n) is 10.1. The van der Waals surface area contributed by atoms with E-state index in [9.17, 15) is 9.59 Å². The van der Waals surface area contributed by atoms with Crippen LogP contribution in [-0.4, -0.2) is 22.0 Å². The second kappa shape index (κ2) is 5.94. The minimum absolute atomic E-state index is 0.0991. The van der Waals surface area contributed by atoms with E-state index in [0.717, 1.165) is 16.9 Å². The molecule has 2 N–H and O–H groups in total. The van der Waals surface area contributed by atoms with Crippen LogP contribution in [0.15, 0.2) is 23.0 Å². The standard InChI is InChI=1S/C12H12N2O3S2/c1-7(11-13-5-9(19-11)12(16)17)14-10(15)4-8-2-3-18-6-8/h2-3,5-7H,4H2,1H3,(H,14,15)(H,16,17). The Kier molecular flexibility index (Phi) is 4.28. The van der Waals surface area contributed by atoms with E-state index in [-0.39, 0.29) is 16.8 Å². The lowest BCUT2D eigenvalue weighted by atomic mass is 10.2. The zero-order valence-corrected chi connectivity index (χ0v) is 11.8. The van der Waals surface area contributed by atoms with Gasteiger partial charge in [0.05, 0.1) is 18.7 Å². The molecule has 0 saturated carbocycles. The highest BCUT2D eigenvalue weighted by Crippen LogP contribution is 2.20. The number of thiophene rings is 1. The third kappa shape index (κ3) is 3.62. The van der Waals surface area contributed by atoms with Gasteiger partial charge in [0.15, 0.2) is 0 Å². The fraction of sp³-hybridized carbons (Fsp3) is 0.250. The number of carboxylic acids is 1. The predicted octanol–water partition coefficient (Wildman–Crippen LogP) is 2.32. The number of thiazole rings is 1. The SMILES string of the molecule is CC(NC(=O)Cc1ccsc1)c1ncc(C(=O)O)s1. The van der Waals surface area contributed by atoms with Crippen LogP contribution in [-0.2, 0) is 11.2 Å². The van der Waals surface area contributed by atoms with Crippen molar-refractivity contribution in [3.8, 4) is 0 Å². The Labute approximate surface area is 117 Å². The van der Waals surface area contributed by atoms with Crippen LogP contribution in [0.3, 0.4) is 0 Å². The van der Waals surface area contributed by atoms with E-state index in [0.29, 0.717) is 11.4 Å². The monoisotopic (exact) mass is 296 g/mol. The smallest absolute Gasteiger partial charge is 0.347 e. The number of carbonyl (C=O) groups excluding carboxylic acids is 1. The van der Waals surface area contributed by atoms with E-state index >= 15 is 0 Å². The highest BCUT2D eigenvalue weighted by Gasteiger charge is 2.16. The first kappa shape index (κ1) is 13.7. The third-order valence-electron chi connectivity index (χ3n) is 2.43. The number of hydrogen-bond donors (Lipinski definition) is 2. The van der Waals surface area contributed by atoms with Crippen molar-refractivity contribution in [2.45, 2.75) is 19.4 Å². The van der Waals surface area contributed by atoms with Gasteiger partial charge in [0, 0.05) is 0 Å². The molecule has 2 aromatic rings. The molecule has 1 unspecified atom stereocenters. The lowest BCUT2D eigenvalue weighted by Gasteiger charge is -2.10. The van der Waals surface area contributed by atoms with E-state index in [1.807, 2.05) is 16.8 Å². The molecule has 0 aliphatic rings. The summed E-state index contributed by atoms with van der Waals surface area (Å²) in [6, 6.07) is 1.62. The first-order valence-corrected chi connectivity index (χ1v) is 7.31. The van der Waals surface area contributed by atoms with Gasteiger partial charge in [0.1, 0.15) is 9.88 Å². The maximum atomic E-state index is 11.8. The maximum Gasteiger partial charge on any atom is 0.347 e. The second-order valence-electron chi connectivity index (χ2n) is 3.97. The van der Waals surface area contributed by atoms with Gasteiger partial charge < -0.3 is 10.4 Å². The minimum Gasteiger partial charge on any atom is -0.477 e. The predicted molar refractivity (Wildman–Crippen MR) is 73.7 cm³/mol. The van der Waals surface area contributed by atoms with Crippen LogP contribution in [0.1, 0.15) is 33.2 Å². The third-order valence-corrected chi connectivity index (χ3v) is 4.33. The first-order chi connectivity index (χ1) is 9.06. The fourth-order valence-corrected chi connectivity index (χ4v) is 2.95. The van der Waals surface area contributed by atoms with Crippen LogP contribution in [0.25, 0.3) is 0 Å². The van der Waals surface area contributed by atoms with Crippen LogP contribution in [0.5, 0.6) is 0 Å². The fourth-order valence-electron chi connectivity index (χ4n) is 1.52.